The highest BCUT2D eigenvalue weighted by Gasteiger charge is 2.32. The number of hydrogen-bond acceptors (Lipinski definition) is 6. The molecular weight excluding hydrogens is 364 g/mol. The number of azo groups is 1. The standard InChI is InChI=1S/C19H22N4O5/c1-2-28-19(27)12-6-5-9-23(11-12)18(26)17(25)20-10-15-13-7-3-4-8-14(13)16(24)22-21-15/h3-4,7-8,12,15H,2,5-6,9-11H2,1H3,(H,20,25). The van der Waals surface area contributed by atoms with Crippen molar-refractivity contribution in [3.8, 4) is 0 Å². The first-order chi connectivity index (χ1) is 13.5. The molecule has 9 heteroatoms. The molecule has 148 valence electrons. The van der Waals surface area contributed by atoms with Gasteiger partial charge in [0.05, 0.1) is 12.5 Å². The van der Waals surface area contributed by atoms with E-state index in [-0.39, 0.29) is 25.7 Å². The molecule has 2 aliphatic rings. The van der Waals surface area contributed by atoms with Gasteiger partial charge in [0.15, 0.2) is 0 Å². The number of amides is 3. The van der Waals surface area contributed by atoms with Gasteiger partial charge in [0.2, 0.25) is 0 Å². The van der Waals surface area contributed by atoms with Crippen LogP contribution in [0.1, 0.15) is 41.7 Å². The summed E-state index contributed by atoms with van der Waals surface area (Å²) in [6.07, 6.45) is 1.27. The molecule has 2 unspecified atom stereocenters. The number of rotatable bonds is 4. The number of ether oxygens (including phenoxy) is 1. The third kappa shape index (κ3) is 4.24. The summed E-state index contributed by atoms with van der Waals surface area (Å²) < 4.78 is 5.01. The fourth-order valence-corrected chi connectivity index (χ4v) is 3.39. The molecule has 0 bridgehead atoms. The van der Waals surface area contributed by atoms with Crippen LogP contribution in [0.25, 0.3) is 0 Å². The second-order valence-electron chi connectivity index (χ2n) is 6.68. The molecule has 9 nitrogen and oxygen atoms in total. The molecule has 2 atom stereocenters. The van der Waals surface area contributed by atoms with Crippen LogP contribution in [0.15, 0.2) is 34.5 Å². The summed E-state index contributed by atoms with van der Waals surface area (Å²) in [5.41, 5.74) is 1.10. The average molecular weight is 386 g/mol. The van der Waals surface area contributed by atoms with E-state index in [1.807, 2.05) is 0 Å². The molecule has 0 radical (unpaired) electrons. The van der Waals surface area contributed by atoms with Gasteiger partial charge in [0.1, 0.15) is 6.04 Å². The second kappa shape index (κ2) is 8.73. The Hall–Kier alpha value is -3.10. The summed E-state index contributed by atoms with van der Waals surface area (Å²) in [5.74, 6) is -2.63. The Morgan fingerprint density at radius 2 is 2.07 bits per heavy atom. The second-order valence-corrected chi connectivity index (χ2v) is 6.68. The summed E-state index contributed by atoms with van der Waals surface area (Å²) in [5, 5.41) is 10.1. The van der Waals surface area contributed by atoms with Crippen LogP contribution in [-0.4, -0.2) is 54.8 Å². The van der Waals surface area contributed by atoms with Gasteiger partial charge in [-0.15, -0.1) is 5.11 Å². The predicted molar refractivity (Wildman–Crippen MR) is 97.3 cm³/mol. The minimum atomic E-state index is -0.769. The molecule has 1 fully saturated rings. The number of nitrogens with one attached hydrogen (secondary N) is 1. The molecule has 1 aromatic carbocycles. The van der Waals surface area contributed by atoms with Gasteiger partial charge in [-0.1, -0.05) is 18.2 Å². The maximum absolute atomic E-state index is 12.4. The van der Waals surface area contributed by atoms with Gasteiger partial charge in [0, 0.05) is 25.2 Å². The highest BCUT2D eigenvalue weighted by Crippen LogP contribution is 2.26. The van der Waals surface area contributed by atoms with E-state index >= 15 is 0 Å². The molecule has 0 saturated carbocycles. The summed E-state index contributed by atoms with van der Waals surface area (Å²) in [4.78, 5) is 49.8. The van der Waals surface area contributed by atoms with E-state index < -0.39 is 29.7 Å². The minimum absolute atomic E-state index is 0.0491. The van der Waals surface area contributed by atoms with E-state index in [9.17, 15) is 19.2 Å². The van der Waals surface area contributed by atoms with Crippen LogP contribution in [0.5, 0.6) is 0 Å². The summed E-state index contributed by atoms with van der Waals surface area (Å²) >= 11 is 0. The maximum atomic E-state index is 12.4. The van der Waals surface area contributed by atoms with Crippen molar-refractivity contribution in [3.05, 3.63) is 35.4 Å². The van der Waals surface area contributed by atoms with Crippen LogP contribution >= 0.6 is 0 Å². The van der Waals surface area contributed by atoms with Gasteiger partial charge in [-0.3, -0.25) is 19.2 Å². The quantitative estimate of drug-likeness (QED) is 0.617. The van der Waals surface area contributed by atoms with E-state index in [0.29, 0.717) is 30.5 Å². The van der Waals surface area contributed by atoms with Crippen molar-refractivity contribution < 1.29 is 23.9 Å². The largest absolute Gasteiger partial charge is 0.466 e. The Balaban J connectivity index is 1.58. The summed E-state index contributed by atoms with van der Waals surface area (Å²) in [7, 11) is 0. The van der Waals surface area contributed by atoms with Gasteiger partial charge < -0.3 is 15.0 Å². The number of carbonyl (C=O) groups is 4. The predicted octanol–water partition coefficient (Wildman–Crippen LogP) is 1.25. The summed E-state index contributed by atoms with van der Waals surface area (Å²) in [6, 6.07) is 6.38. The zero-order chi connectivity index (χ0) is 20.1. The zero-order valence-corrected chi connectivity index (χ0v) is 15.6. The van der Waals surface area contributed by atoms with Crippen LogP contribution in [0.4, 0.5) is 0 Å². The normalized spacial score (nSPS) is 21.0. The third-order valence-electron chi connectivity index (χ3n) is 4.82. The van der Waals surface area contributed by atoms with Gasteiger partial charge in [-0.25, -0.2) is 0 Å². The Kier molecular flexibility index (Phi) is 6.13. The molecule has 0 spiro atoms. The molecule has 28 heavy (non-hydrogen) atoms. The van der Waals surface area contributed by atoms with Crippen molar-refractivity contribution in [3.63, 3.8) is 0 Å². The number of benzene rings is 1. The van der Waals surface area contributed by atoms with Crippen molar-refractivity contribution in [1.82, 2.24) is 10.2 Å². The zero-order valence-electron chi connectivity index (χ0n) is 15.6. The molecule has 2 aliphatic heterocycles. The lowest BCUT2D eigenvalue weighted by molar-refractivity contribution is -0.154. The molecule has 3 rings (SSSR count). The number of hydrogen-bond donors (Lipinski definition) is 1. The Morgan fingerprint density at radius 1 is 1.29 bits per heavy atom. The van der Waals surface area contributed by atoms with Crippen LogP contribution < -0.4 is 5.32 Å². The number of fused-ring (bicyclic) bond motifs is 1. The van der Waals surface area contributed by atoms with Gasteiger partial charge in [-0.2, -0.15) is 5.11 Å². The molecule has 1 N–H and O–H groups in total. The van der Waals surface area contributed by atoms with Crippen molar-refractivity contribution in [2.24, 2.45) is 16.1 Å². The van der Waals surface area contributed by atoms with Crippen molar-refractivity contribution in [2.75, 3.05) is 26.2 Å². The molecule has 2 heterocycles. The molecule has 1 saturated heterocycles. The van der Waals surface area contributed by atoms with Crippen LogP contribution in [0.3, 0.4) is 0 Å². The smallest absolute Gasteiger partial charge is 0.311 e. The first-order valence-corrected chi connectivity index (χ1v) is 9.29. The molecule has 1 aromatic rings. The maximum Gasteiger partial charge on any atom is 0.311 e. The number of carbonyl (C=O) groups excluding carboxylic acids is 4. The lowest BCUT2D eigenvalue weighted by Gasteiger charge is -2.31. The Morgan fingerprint density at radius 3 is 2.86 bits per heavy atom. The van der Waals surface area contributed by atoms with E-state index in [2.05, 4.69) is 15.5 Å². The van der Waals surface area contributed by atoms with Gasteiger partial charge in [0.25, 0.3) is 5.91 Å². The summed E-state index contributed by atoms with van der Waals surface area (Å²) in [6.45, 7) is 2.65. The number of nitrogens with zero attached hydrogens (tertiary/aromatic N) is 3. The van der Waals surface area contributed by atoms with Gasteiger partial charge in [-0.05, 0) is 31.4 Å². The Bertz CT molecular complexity index is 822. The third-order valence-corrected chi connectivity index (χ3v) is 4.82. The van der Waals surface area contributed by atoms with Crippen molar-refractivity contribution >= 4 is 23.7 Å². The van der Waals surface area contributed by atoms with E-state index in [0.717, 1.165) is 0 Å². The fourth-order valence-electron chi connectivity index (χ4n) is 3.39. The average Bonchev–Trinajstić information content (AvgIpc) is 2.73. The molecular formula is C19H22N4O5. The van der Waals surface area contributed by atoms with Crippen LogP contribution in [0, 0.1) is 5.92 Å². The van der Waals surface area contributed by atoms with E-state index in [4.69, 9.17) is 4.74 Å². The molecule has 0 aromatic heterocycles. The highest BCUT2D eigenvalue weighted by molar-refractivity contribution is 6.35. The topological polar surface area (TPSA) is 118 Å². The van der Waals surface area contributed by atoms with E-state index in [1.165, 1.54) is 4.90 Å². The lowest BCUT2D eigenvalue weighted by atomic mass is 9.98. The monoisotopic (exact) mass is 386 g/mol. The van der Waals surface area contributed by atoms with Crippen LogP contribution in [0.2, 0.25) is 0 Å². The first-order valence-electron chi connectivity index (χ1n) is 9.29. The first kappa shape index (κ1) is 19.7. The van der Waals surface area contributed by atoms with Crippen molar-refractivity contribution in [2.45, 2.75) is 25.8 Å². The van der Waals surface area contributed by atoms with Gasteiger partial charge >= 0.3 is 17.8 Å². The molecule has 3 amide bonds. The lowest BCUT2D eigenvalue weighted by Crippen LogP contribution is -2.49. The van der Waals surface area contributed by atoms with Crippen molar-refractivity contribution in [1.29, 1.82) is 0 Å². The minimum Gasteiger partial charge on any atom is -0.466 e. The molecule has 0 aliphatic carbocycles. The number of likely N-dealkylation sites (tertiary alicyclic amines) is 1. The highest BCUT2D eigenvalue weighted by atomic mass is 16.5. The number of esters is 1. The Labute approximate surface area is 162 Å². The SMILES string of the molecule is CCOC(=O)C1CCCN(C(=O)C(=O)NCC2N=NC(=O)c3ccccc32)C1. The number of piperidine rings is 1. The fraction of sp³-hybridized carbons (Fsp3) is 0.474. The van der Waals surface area contributed by atoms with Crippen LogP contribution in [-0.2, 0) is 19.1 Å². The van der Waals surface area contributed by atoms with E-state index in [1.54, 1.807) is 31.2 Å².